The Bertz CT molecular complexity index is 317. The van der Waals surface area contributed by atoms with Gasteiger partial charge in [-0.1, -0.05) is 13.3 Å². The zero-order valence-corrected chi connectivity index (χ0v) is 11.5. The van der Waals surface area contributed by atoms with Gasteiger partial charge in [-0.3, -0.25) is 0 Å². The molecule has 17 heavy (non-hydrogen) atoms. The zero-order chi connectivity index (χ0) is 12.5. The zero-order valence-electron chi connectivity index (χ0n) is 11.5. The molecule has 2 fully saturated rings. The van der Waals surface area contributed by atoms with Gasteiger partial charge in [0.25, 0.3) is 0 Å². The van der Waals surface area contributed by atoms with E-state index in [4.69, 9.17) is 4.74 Å². The molecule has 0 spiro atoms. The van der Waals surface area contributed by atoms with Crippen molar-refractivity contribution < 1.29 is 4.74 Å². The minimum Gasteiger partial charge on any atom is -0.372 e. The summed E-state index contributed by atoms with van der Waals surface area (Å²) in [5.41, 5.74) is -0.0458. The molecular weight excluding hydrogens is 210 g/mol. The lowest BCUT2D eigenvalue weighted by Gasteiger charge is -2.26. The molecule has 96 valence electrons. The molecule has 2 nitrogen and oxygen atoms in total. The Labute approximate surface area is 105 Å². The van der Waals surface area contributed by atoms with Crippen molar-refractivity contribution in [2.45, 2.75) is 77.4 Å². The van der Waals surface area contributed by atoms with Gasteiger partial charge in [-0.05, 0) is 58.3 Å². The summed E-state index contributed by atoms with van der Waals surface area (Å²) in [4.78, 5) is 0. The van der Waals surface area contributed by atoms with E-state index < -0.39 is 0 Å². The van der Waals surface area contributed by atoms with Crippen molar-refractivity contribution in [1.82, 2.24) is 0 Å². The summed E-state index contributed by atoms with van der Waals surface area (Å²) >= 11 is 0. The molecule has 1 heterocycles. The summed E-state index contributed by atoms with van der Waals surface area (Å²) in [6, 6.07) is 2.62. The average Bonchev–Trinajstić information content (AvgIpc) is 2.84. The molecule has 0 amide bonds. The van der Waals surface area contributed by atoms with Crippen LogP contribution < -0.4 is 0 Å². The Balaban J connectivity index is 1.95. The topological polar surface area (TPSA) is 33.0 Å². The van der Waals surface area contributed by atoms with Crippen LogP contribution in [-0.4, -0.2) is 11.7 Å². The minimum atomic E-state index is -0.0776. The predicted molar refractivity (Wildman–Crippen MR) is 68.5 cm³/mol. The van der Waals surface area contributed by atoms with Crippen LogP contribution in [0.15, 0.2) is 0 Å². The Morgan fingerprint density at radius 1 is 1.29 bits per heavy atom. The lowest BCUT2D eigenvalue weighted by molar-refractivity contribution is -0.0297. The summed E-state index contributed by atoms with van der Waals surface area (Å²) in [6.45, 7) is 6.57. The maximum Gasteiger partial charge on any atom is 0.0690 e. The molecule has 1 aliphatic heterocycles. The minimum absolute atomic E-state index is 0.0318. The average molecular weight is 235 g/mol. The molecule has 2 aliphatic rings. The van der Waals surface area contributed by atoms with Crippen LogP contribution in [0.1, 0.15) is 65.7 Å². The number of ether oxygens (including phenoxy) is 1. The molecule has 0 aromatic rings. The molecule has 2 rings (SSSR count). The first-order valence-electron chi connectivity index (χ1n) is 7.08. The van der Waals surface area contributed by atoms with Gasteiger partial charge in [-0.25, -0.2) is 0 Å². The molecule has 0 aromatic heterocycles. The second kappa shape index (κ2) is 4.61. The van der Waals surface area contributed by atoms with E-state index in [1.807, 2.05) is 0 Å². The fraction of sp³-hybridized carbons (Fsp3) is 0.933. The van der Waals surface area contributed by atoms with Gasteiger partial charge in [0, 0.05) is 0 Å². The molecule has 1 saturated carbocycles. The highest BCUT2D eigenvalue weighted by Crippen LogP contribution is 2.48. The van der Waals surface area contributed by atoms with E-state index in [0.717, 1.165) is 38.0 Å². The third-order valence-electron chi connectivity index (χ3n) is 4.70. The Hall–Kier alpha value is -0.550. The first-order valence-corrected chi connectivity index (χ1v) is 7.08. The van der Waals surface area contributed by atoms with Crippen LogP contribution in [0.2, 0.25) is 0 Å². The second-order valence-electron chi connectivity index (χ2n) is 6.65. The Kier molecular flexibility index (Phi) is 3.50. The van der Waals surface area contributed by atoms with Crippen molar-refractivity contribution in [3.8, 4) is 6.07 Å². The highest BCUT2D eigenvalue weighted by atomic mass is 16.5. The van der Waals surface area contributed by atoms with Crippen molar-refractivity contribution in [3.05, 3.63) is 0 Å². The summed E-state index contributed by atoms with van der Waals surface area (Å²) in [7, 11) is 0. The molecule has 1 aliphatic carbocycles. The van der Waals surface area contributed by atoms with Crippen LogP contribution >= 0.6 is 0 Å². The highest BCUT2D eigenvalue weighted by Gasteiger charge is 2.43. The van der Waals surface area contributed by atoms with E-state index in [1.165, 1.54) is 12.8 Å². The van der Waals surface area contributed by atoms with Crippen molar-refractivity contribution in [2.75, 3.05) is 0 Å². The van der Waals surface area contributed by atoms with E-state index in [1.54, 1.807) is 0 Å². The van der Waals surface area contributed by atoms with Gasteiger partial charge >= 0.3 is 0 Å². The van der Waals surface area contributed by atoms with E-state index in [0.29, 0.717) is 6.10 Å². The molecule has 0 radical (unpaired) electrons. The van der Waals surface area contributed by atoms with Gasteiger partial charge in [0.2, 0.25) is 0 Å². The first kappa shape index (κ1) is 12.9. The van der Waals surface area contributed by atoms with E-state index >= 15 is 0 Å². The van der Waals surface area contributed by atoms with Gasteiger partial charge in [0.1, 0.15) is 0 Å². The maximum atomic E-state index is 9.51. The largest absolute Gasteiger partial charge is 0.372 e. The van der Waals surface area contributed by atoms with Crippen LogP contribution in [-0.2, 0) is 4.74 Å². The summed E-state index contributed by atoms with van der Waals surface area (Å²) in [6.07, 6.45) is 8.19. The second-order valence-corrected chi connectivity index (χ2v) is 6.65. The molecule has 0 aromatic carbocycles. The van der Waals surface area contributed by atoms with Crippen molar-refractivity contribution in [2.24, 2.45) is 11.3 Å². The Morgan fingerprint density at radius 2 is 2.06 bits per heavy atom. The van der Waals surface area contributed by atoms with E-state index in [9.17, 15) is 5.26 Å². The summed E-state index contributed by atoms with van der Waals surface area (Å²) in [5.74, 6) is 0.768. The molecule has 3 unspecified atom stereocenters. The maximum absolute atomic E-state index is 9.51. The predicted octanol–water partition coefficient (Wildman–Crippen LogP) is 4.05. The normalized spacial score (nSPS) is 40.4. The van der Waals surface area contributed by atoms with Crippen LogP contribution in [0.5, 0.6) is 0 Å². The standard InChI is InChI=1S/C15H25NO/c1-4-12-5-8-15(9-12,11-16)10-13-6-7-14(2,3)17-13/h12-13H,4-10H2,1-3H3. The van der Waals surface area contributed by atoms with Crippen molar-refractivity contribution in [1.29, 1.82) is 5.26 Å². The lowest BCUT2D eigenvalue weighted by Crippen LogP contribution is -2.26. The van der Waals surface area contributed by atoms with E-state index in [2.05, 4.69) is 26.8 Å². The number of rotatable bonds is 3. The van der Waals surface area contributed by atoms with E-state index in [-0.39, 0.29) is 11.0 Å². The van der Waals surface area contributed by atoms with Crippen molar-refractivity contribution >= 4 is 0 Å². The van der Waals surface area contributed by atoms with Crippen LogP contribution in [0, 0.1) is 22.7 Å². The van der Waals surface area contributed by atoms with Gasteiger partial charge in [0.15, 0.2) is 0 Å². The first-order chi connectivity index (χ1) is 7.99. The quantitative estimate of drug-likeness (QED) is 0.739. The lowest BCUT2D eigenvalue weighted by atomic mass is 9.80. The monoisotopic (exact) mass is 235 g/mol. The third kappa shape index (κ3) is 2.83. The van der Waals surface area contributed by atoms with Gasteiger partial charge < -0.3 is 4.74 Å². The molecule has 3 atom stereocenters. The number of hydrogen-bond donors (Lipinski definition) is 0. The SMILES string of the molecule is CCC1CCC(C#N)(CC2CCC(C)(C)O2)C1. The fourth-order valence-electron chi connectivity index (χ4n) is 3.58. The summed E-state index contributed by atoms with van der Waals surface area (Å²) < 4.78 is 6.06. The molecule has 0 bridgehead atoms. The fourth-order valence-corrected chi connectivity index (χ4v) is 3.58. The number of hydrogen-bond acceptors (Lipinski definition) is 2. The van der Waals surface area contributed by atoms with Gasteiger partial charge in [0.05, 0.1) is 23.2 Å². The molecule has 1 saturated heterocycles. The van der Waals surface area contributed by atoms with Crippen LogP contribution in [0.3, 0.4) is 0 Å². The van der Waals surface area contributed by atoms with Crippen LogP contribution in [0.25, 0.3) is 0 Å². The Morgan fingerprint density at radius 3 is 2.53 bits per heavy atom. The van der Waals surface area contributed by atoms with Crippen molar-refractivity contribution in [3.63, 3.8) is 0 Å². The van der Waals surface area contributed by atoms with Gasteiger partial charge in [-0.15, -0.1) is 0 Å². The molecule has 2 heteroatoms. The third-order valence-corrected chi connectivity index (χ3v) is 4.70. The molecular formula is C15H25NO. The van der Waals surface area contributed by atoms with Gasteiger partial charge in [-0.2, -0.15) is 5.26 Å². The highest BCUT2D eigenvalue weighted by molar-refractivity contribution is 5.05. The molecule has 0 N–H and O–H groups in total. The number of nitriles is 1. The summed E-state index contributed by atoms with van der Waals surface area (Å²) in [5, 5.41) is 9.51. The number of nitrogens with zero attached hydrogens (tertiary/aromatic N) is 1. The smallest absolute Gasteiger partial charge is 0.0690 e. The van der Waals surface area contributed by atoms with Crippen LogP contribution in [0.4, 0.5) is 0 Å².